The van der Waals surface area contributed by atoms with Crippen LogP contribution in [0.4, 0.5) is 10.3 Å². The van der Waals surface area contributed by atoms with Crippen molar-refractivity contribution in [3.63, 3.8) is 0 Å². The van der Waals surface area contributed by atoms with E-state index in [1.807, 2.05) is 24.3 Å². The minimum atomic E-state index is -0.278. The molecule has 2 heterocycles. The lowest BCUT2D eigenvalue weighted by molar-refractivity contribution is 0.0735. The Kier molecular flexibility index (Phi) is 12.4. The highest BCUT2D eigenvalue weighted by Gasteiger charge is 2.25. The van der Waals surface area contributed by atoms with E-state index in [2.05, 4.69) is 40.8 Å². The van der Waals surface area contributed by atoms with Gasteiger partial charge in [-0.1, -0.05) is 24.3 Å². The molecule has 1 aliphatic rings. The maximum atomic E-state index is 13.9. The van der Waals surface area contributed by atoms with Crippen LogP contribution in [0.5, 0.6) is 17.2 Å². The smallest absolute Gasteiger partial charge is 0.253 e. The number of carbonyl (C=O) groups is 1. The second-order valence-corrected chi connectivity index (χ2v) is 12.9. The highest BCUT2D eigenvalue weighted by atomic mass is 19.1. The molecule has 1 amide bonds. The number of para-hydroxylation sites is 2. The van der Waals surface area contributed by atoms with Crippen LogP contribution in [0, 0.1) is 5.82 Å². The number of halogens is 1. The normalized spacial score (nSPS) is 14.6. The number of hydrogen-bond donors (Lipinski definition) is 1. The molecule has 1 saturated heterocycles. The Morgan fingerprint density at radius 2 is 1.65 bits per heavy atom. The zero-order valence-electron chi connectivity index (χ0n) is 29.6. The van der Waals surface area contributed by atoms with Gasteiger partial charge < -0.3 is 38.6 Å². The molecule has 1 aromatic heterocycles. The molecule has 1 N–H and O–H groups in total. The van der Waals surface area contributed by atoms with Gasteiger partial charge in [-0.3, -0.25) is 4.79 Å². The average molecular weight is 676 g/mol. The number of anilines is 1. The number of aromatic nitrogens is 2. The van der Waals surface area contributed by atoms with Gasteiger partial charge in [0.25, 0.3) is 5.91 Å². The minimum Gasteiger partial charge on any atom is -0.493 e. The number of nitrogens with one attached hydrogen (secondary N) is 1. The molecule has 3 aromatic carbocycles. The third-order valence-corrected chi connectivity index (χ3v) is 9.23. The molecule has 49 heavy (non-hydrogen) atoms. The van der Waals surface area contributed by atoms with Crippen LogP contribution in [0.2, 0.25) is 0 Å². The van der Waals surface area contributed by atoms with E-state index in [4.69, 9.17) is 23.9 Å². The fraction of sp³-hybridized carbons (Fsp3) is 0.474. The molecule has 1 fully saturated rings. The van der Waals surface area contributed by atoms with Gasteiger partial charge in [-0.05, 0) is 81.6 Å². The lowest BCUT2D eigenvalue weighted by Gasteiger charge is -2.34. The van der Waals surface area contributed by atoms with E-state index in [0.29, 0.717) is 42.0 Å². The maximum absolute atomic E-state index is 13.9. The van der Waals surface area contributed by atoms with Gasteiger partial charge in [-0.25, -0.2) is 9.37 Å². The number of piperidine rings is 1. The molecule has 0 saturated carbocycles. The van der Waals surface area contributed by atoms with Crippen molar-refractivity contribution < 1.29 is 28.1 Å². The number of hydrogen-bond acceptors (Lipinski definition) is 8. The molecular weight excluding hydrogens is 625 g/mol. The molecule has 1 atom stereocenters. The molecule has 1 unspecified atom stereocenters. The zero-order chi connectivity index (χ0) is 34.9. The zero-order valence-corrected chi connectivity index (χ0v) is 29.6. The third-order valence-electron chi connectivity index (χ3n) is 9.23. The maximum Gasteiger partial charge on any atom is 0.253 e. The Morgan fingerprint density at radius 1 is 0.980 bits per heavy atom. The van der Waals surface area contributed by atoms with Crippen molar-refractivity contribution in [2.24, 2.45) is 0 Å². The van der Waals surface area contributed by atoms with Crippen LogP contribution < -0.4 is 19.5 Å². The van der Waals surface area contributed by atoms with Crippen LogP contribution in [0.25, 0.3) is 11.0 Å². The second kappa shape index (κ2) is 16.8. The van der Waals surface area contributed by atoms with Crippen molar-refractivity contribution in [2.45, 2.75) is 57.7 Å². The number of benzene rings is 3. The Labute approximate surface area is 289 Å². The summed E-state index contributed by atoms with van der Waals surface area (Å²) in [5.74, 6) is 1.73. The summed E-state index contributed by atoms with van der Waals surface area (Å²) in [6, 6.07) is 18.5. The van der Waals surface area contributed by atoms with Crippen molar-refractivity contribution >= 4 is 22.9 Å². The topological polar surface area (TPSA) is 90.3 Å². The molecule has 0 spiro atoms. The molecule has 1 aliphatic heterocycles. The fourth-order valence-corrected chi connectivity index (χ4v) is 6.55. The highest BCUT2D eigenvalue weighted by Crippen LogP contribution is 2.38. The number of rotatable bonds is 16. The lowest BCUT2D eigenvalue weighted by Crippen LogP contribution is -2.40. The molecule has 0 bridgehead atoms. The predicted octanol–water partition coefficient (Wildman–Crippen LogP) is 6.45. The van der Waals surface area contributed by atoms with Gasteiger partial charge in [0.05, 0.1) is 45.1 Å². The first-order chi connectivity index (χ1) is 23.7. The largest absolute Gasteiger partial charge is 0.493 e. The standard InChI is InChI=1S/C38H50FN5O5/c1-26(2)49-22-21-44-33-10-8-7-9-32(33)41-38(44)40-31-16-19-43(20-17-31)18-15-28(27-11-13-30(39)14-12-27)25-42(3)37(45)29-23-34(46-4)36(48-6)35(24-29)47-5/h7-14,23-24,26,28,31H,15-22,25H2,1-6H3,(H,40,41). The van der Waals surface area contributed by atoms with Crippen LogP contribution in [0.15, 0.2) is 60.7 Å². The number of amides is 1. The monoisotopic (exact) mass is 675 g/mol. The Morgan fingerprint density at radius 3 is 2.29 bits per heavy atom. The summed E-state index contributed by atoms with van der Waals surface area (Å²) in [5.41, 5.74) is 3.52. The quantitative estimate of drug-likeness (QED) is 0.145. The molecule has 11 heteroatoms. The Balaban J connectivity index is 1.21. The number of likely N-dealkylation sites (tertiary alicyclic amines) is 1. The van der Waals surface area contributed by atoms with Crippen molar-refractivity contribution in [3.8, 4) is 17.2 Å². The van der Waals surface area contributed by atoms with Gasteiger partial charge >= 0.3 is 0 Å². The number of imidazole rings is 1. The molecule has 264 valence electrons. The first kappa shape index (κ1) is 35.9. The summed E-state index contributed by atoms with van der Waals surface area (Å²) in [6.45, 7) is 8.70. The fourth-order valence-electron chi connectivity index (χ4n) is 6.55. The van der Waals surface area contributed by atoms with Gasteiger partial charge in [-0.15, -0.1) is 0 Å². The molecular formula is C38H50FN5O5. The lowest BCUT2D eigenvalue weighted by atomic mass is 9.94. The summed E-state index contributed by atoms with van der Waals surface area (Å²) in [7, 11) is 6.38. The van der Waals surface area contributed by atoms with E-state index >= 15 is 0 Å². The van der Waals surface area contributed by atoms with Gasteiger partial charge in [0, 0.05) is 50.7 Å². The van der Waals surface area contributed by atoms with E-state index in [1.165, 1.54) is 33.5 Å². The molecule has 4 aromatic rings. The SMILES string of the molecule is COc1cc(C(=O)N(C)CC(CCN2CCC(Nc3nc4ccccc4n3CCOC(C)C)CC2)c2ccc(F)cc2)cc(OC)c1OC. The van der Waals surface area contributed by atoms with Crippen molar-refractivity contribution in [2.75, 3.05) is 66.5 Å². The van der Waals surface area contributed by atoms with E-state index < -0.39 is 0 Å². The molecule has 5 rings (SSSR count). The van der Waals surface area contributed by atoms with Crippen LogP contribution in [0.1, 0.15) is 54.9 Å². The first-order valence-electron chi connectivity index (χ1n) is 17.1. The molecule has 10 nitrogen and oxygen atoms in total. The predicted molar refractivity (Wildman–Crippen MR) is 191 cm³/mol. The highest BCUT2D eigenvalue weighted by molar-refractivity contribution is 5.95. The van der Waals surface area contributed by atoms with Gasteiger partial charge in [0.1, 0.15) is 5.82 Å². The molecule has 0 aliphatic carbocycles. The number of carbonyl (C=O) groups excluding carboxylic acids is 1. The van der Waals surface area contributed by atoms with E-state index in [0.717, 1.165) is 68.0 Å². The van der Waals surface area contributed by atoms with Crippen molar-refractivity contribution in [3.05, 3.63) is 77.6 Å². The van der Waals surface area contributed by atoms with E-state index in [-0.39, 0.29) is 23.7 Å². The number of nitrogens with zero attached hydrogens (tertiary/aromatic N) is 4. The Bertz CT molecular complexity index is 1640. The van der Waals surface area contributed by atoms with Crippen LogP contribution >= 0.6 is 0 Å². The second-order valence-electron chi connectivity index (χ2n) is 12.9. The van der Waals surface area contributed by atoms with Crippen LogP contribution in [0.3, 0.4) is 0 Å². The summed E-state index contributed by atoms with van der Waals surface area (Å²) in [4.78, 5) is 22.8. The third kappa shape index (κ3) is 9.01. The summed E-state index contributed by atoms with van der Waals surface area (Å²) < 4.78 is 38.3. The number of likely N-dealkylation sites (N-methyl/N-ethyl adjacent to an activating group) is 1. The number of ether oxygens (including phenoxy) is 4. The van der Waals surface area contributed by atoms with Crippen LogP contribution in [-0.2, 0) is 11.3 Å². The van der Waals surface area contributed by atoms with E-state index in [9.17, 15) is 9.18 Å². The Hall–Kier alpha value is -4.35. The van der Waals surface area contributed by atoms with Crippen molar-refractivity contribution in [1.29, 1.82) is 0 Å². The van der Waals surface area contributed by atoms with E-state index in [1.54, 1.807) is 24.1 Å². The van der Waals surface area contributed by atoms with Crippen LogP contribution in [-0.4, -0.2) is 98.6 Å². The first-order valence-corrected chi connectivity index (χ1v) is 17.1. The summed E-state index contributed by atoms with van der Waals surface area (Å²) in [6.07, 6.45) is 2.99. The molecule has 0 radical (unpaired) electrons. The average Bonchev–Trinajstić information content (AvgIpc) is 3.46. The van der Waals surface area contributed by atoms with Crippen molar-refractivity contribution in [1.82, 2.24) is 19.4 Å². The number of fused-ring (bicyclic) bond motifs is 1. The van der Waals surface area contributed by atoms with Gasteiger partial charge in [0.2, 0.25) is 11.7 Å². The summed E-state index contributed by atoms with van der Waals surface area (Å²) >= 11 is 0. The van der Waals surface area contributed by atoms with Gasteiger partial charge in [0.15, 0.2) is 11.5 Å². The number of methoxy groups -OCH3 is 3. The summed E-state index contributed by atoms with van der Waals surface area (Å²) in [5, 5.41) is 3.74. The van der Waals surface area contributed by atoms with Gasteiger partial charge in [-0.2, -0.15) is 0 Å². The minimum absolute atomic E-state index is 0.0143.